The van der Waals surface area contributed by atoms with Crippen LogP contribution < -0.4 is 14.5 Å². The molecule has 0 bridgehead atoms. The smallest absolute Gasteiger partial charge is 0.145 e. The number of benzene rings is 7. The average molecular weight is 767 g/mol. The molecule has 0 aliphatic carbocycles. The molecule has 0 unspecified atom stereocenters. The second kappa shape index (κ2) is 14.4. The van der Waals surface area contributed by atoms with Gasteiger partial charge in [0.15, 0.2) is 0 Å². The number of hydrogen-bond donors (Lipinski definition) is 0. The quantitative estimate of drug-likeness (QED) is 0.146. The normalized spacial score (nSPS) is 12.9. The molecule has 10 rings (SSSR count). The van der Waals surface area contributed by atoms with Crippen molar-refractivity contribution in [1.29, 1.82) is 0 Å². The lowest BCUT2D eigenvalue weighted by Gasteiger charge is -2.33. The molecular weight excluding hydrogens is 721 g/mol. The number of para-hydroxylation sites is 3. The van der Waals surface area contributed by atoms with Crippen molar-refractivity contribution < 1.29 is 4.74 Å². The fraction of sp³-hybridized carbons (Fsp3) is 0.130. The Labute approximate surface area is 346 Å². The number of hydrogen-bond acceptors (Lipinski definition) is 4. The first kappa shape index (κ1) is 36.2. The summed E-state index contributed by atoms with van der Waals surface area (Å²) >= 11 is 0. The lowest BCUT2D eigenvalue weighted by atomic mass is 9.73. The van der Waals surface area contributed by atoms with Crippen molar-refractivity contribution in [3.8, 4) is 17.2 Å². The fourth-order valence-electron chi connectivity index (χ4n) is 8.78. The maximum absolute atomic E-state index is 6.66. The van der Waals surface area contributed by atoms with Crippen molar-refractivity contribution in [2.24, 2.45) is 0 Å². The second-order valence-electron chi connectivity index (χ2n) is 16.6. The van der Waals surface area contributed by atoms with Gasteiger partial charge in [-0.2, -0.15) is 0 Å². The van der Waals surface area contributed by atoms with E-state index in [2.05, 4.69) is 206 Å². The Hall–Kier alpha value is -7.11. The summed E-state index contributed by atoms with van der Waals surface area (Å²) < 4.78 is 8.87. The standard InChI is InChI=1S/C54H46N4O/c1-53(2,38-18-7-5-8-19-38)40-32-41(54(3,4)39-20-9-6-10-21-39)34-44(33-40)57-37-56(50-29-13-14-30-51(50)57)42-22-15-24-45(35-42)59-46-25-16-23-43(36-46)58-49-28-12-11-26-47(49)48-27-17-31-55-52(48)58/h5-36H,37H2,1-4H3. The van der Waals surface area contributed by atoms with Gasteiger partial charge in [0.05, 0.1) is 22.6 Å². The molecule has 0 spiro atoms. The summed E-state index contributed by atoms with van der Waals surface area (Å²) in [5, 5.41) is 2.31. The first-order chi connectivity index (χ1) is 28.8. The molecule has 3 heterocycles. The summed E-state index contributed by atoms with van der Waals surface area (Å²) in [6, 6.07) is 67.0. The number of fused-ring (bicyclic) bond motifs is 4. The van der Waals surface area contributed by atoms with Crippen molar-refractivity contribution >= 4 is 44.7 Å². The SMILES string of the molecule is CC(C)(c1ccccc1)c1cc(N2CN(c3cccc(Oc4cccc(-n5c6ccccc6c6cccnc65)c4)c3)c3ccccc32)cc(C(C)(C)c2ccccc2)c1. The molecule has 0 amide bonds. The zero-order chi connectivity index (χ0) is 40.1. The van der Waals surface area contributed by atoms with Crippen molar-refractivity contribution in [3.63, 3.8) is 0 Å². The van der Waals surface area contributed by atoms with Gasteiger partial charge < -0.3 is 14.5 Å². The molecule has 0 saturated heterocycles. The molecule has 0 radical (unpaired) electrons. The summed E-state index contributed by atoms with van der Waals surface area (Å²) in [5.74, 6) is 1.53. The first-order valence-corrected chi connectivity index (χ1v) is 20.4. The fourth-order valence-corrected chi connectivity index (χ4v) is 8.78. The zero-order valence-electron chi connectivity index (χ0n) is 33.9. The average Bonchev–Trinajstić information content (AvgIpc) is 3.84. The van der Waals surface area contributed by atoms with E-state index < -0.39 is 0 Å². The Kier molecular flexibility index (Phi) is 8.83. The van der Waals surface area contributed by atoms with E-state index in [1.54, 1.807) is 0 Å². The Bertz CT molecular complexity index is 2840. The third kappa shape index (κ3) is 6.40. The van der Waals surface area contributed by atoms with Gasteiger partial charge in [-0.1, -0.05) is 137 Å². The Morgan fingerprint density at radius 3 is 1.61 bits per heavy atom. The van der Waals surface area contributed by atoms with Gasteiger partial charge in [0, 0.05) is 51.3 Å². The predicted octanol–water partition coefficient (Wildman–Crippen LogP) is 13.9. The van der Waals surface area contributed by atoms with Crippen molar-refractivity contribution in [1.82, 2.24) is 9.55 Å². The molecule has 288 valence electrons. The summed E-state index contributed by atoms with van der Waals surface area (Å²) in [7, 11) is 0. The molecule has 59 heavy (non-hydrogen) atoms. The first-order valence-electron chi connectivity index (χ1n) is 20.4. The van der Waals surface area contributed by atoms with Crippen LogP contribution in [0.2, 0.25) is 0 Å². The maximum Gasteiger partial charge on any atom is 0.145 e. The number of rotatable bonds is 9. The topological polar surface area (TPSA) is 33.5 Å². The highest BCUT2D eigenvalue weighted by Gasteiger charge is 2.33. The molecule has 1 aliphatic heterocycles. The maximum atomic E-state index is 6.66. The van der Waals surface area contributed by atoms with Crippen LogP contribution in [-0.2, 0) is 10.8 Å². The zero-order valence-corrected chi connectivity index (χ0v) is 33.9. The van der Waals surface area contributed by atoms with Crippen LogP contribution >= 0.6 is 0 Å². The van der Waals surface area contributed by atoms with Gasteiger partial charge in [-0.3, -0.25) is 4.57 Å². The molecule has 5 heteroatoms. The third-order valence-corrected chi connectivity index (χ3v) is 12.3. The van der Waals surface area contributed by atoms with Gasteiger partial charge in [-0.05, 0) is 89.0 Å². The van der Waals surface area contributed by atoms with E-state index >= 15 is 0 Å². The van der Waals surface area contributed by atoms with Gasteiger partial charge in [-0.15, -0.1) is 0 Å². The minimum Gasteiger partial charge on any atom is -0.457 e. The van der Waals surface area contributed by atoms with E-state index in [-0.39, 0.29) is 10.8 Å². The van der Waals surface area contributed by atoms with Gasteiger partial charge in [-0.25, -0.2) is 4.98 Å². The largest absolute Gasteiger partial charge is 0.457 e. The van der Waals surface area contributed by atoms with Crippen LogP contribution in [0.5, 0.6) is 11.5 Å². The molecule has 0 fully saturated rings. The Balaban J connectivity index is 1.01. The molecule has 0 atom stereocenters. The van der Waals surface area contributed by atoms with Crippen LogP contribution in [0.4, 0.5) is 22.7 Å². The van der Waals surface area contributed by atoms with E-state index in [1.807, 2.05) is 30.5 Å². The summed E-state index contributed by atoms with van der Waals surface area (Å²) in [6.45, 7) is 10.0. The summed E-state index contributed by atoms with van der Waals surface area (Å²) in [6.07, 6.45) is 1.86. The summed E-state index contributed by atoms with van der Waals surface area (Å²) in [4.78, 5) is 9.63. The highest BCUT2D eigenvalue weighted by atomic mass is 16.5. The monoisotopic (exact) mass is 766 g/mol. The predicted molar refractivity (Wildman–Crippen MR) is 244 cm³/mol. The Morgan fingerprint density at radius 1 is 0.441 bits per heavy atom. The van der Waals surface area contributed by atoms with E-state index in [9.17, 15) is 0 Å². The van der Waals surface area contributed by atoms with Crippen LogP contribution in [0.15, 0.2) is 194 Å². The van der Waals surface area contributed by atoms with Crippen molar-refractivity contribution in [2.75, 3.05) is 16.5 Å². The lowest BCUT2D eigenvalue weighted by molar-refractivity contribution is 0.482. The number of aromatic nitrogens is 2. The van der Waals surface area contributed by atoms with Crippen LogP contribution in [-0.4, -0.2) is 16.2 Å². The summed E-state index contributed by atoms with van der Waals surface area (Å²) in [5.41, 5.74) is 12.3. The van der Waals surface area contributed by atoms with Crippen LogP contribution in [0.1, 0.15) is 49.9 Å². The van der Waals surface area contributed by atoms with E-state index in [1.165, 1.54) is 39.0 Å². The van der Waals surface area contributed by atoms with Gasteiger partial charge >= 0.3 is 0 Å². The van der Waals surface area contributed by atoms with E-state index in [4.69, 9.17) is 9.72 Å². The Morgan fingerprint density at radius 2 is 0.966 bits per heavy atom. The number of ether oxygens (including phenoxy) is 1. The molecule has 0 saturated carbocycles. The number of pyridine rings is 1. The molecule has 9 aromatic rings. The highest BCUT2D eigenvalue weighted by Crippen LogP contribution is 2.47. The van der Waals surface area contributed by atoms with Crippen LogP contribution in [0.3, 0.4) is 0 Å². The third-order valence-electron chi connectivity index (χ3n) is 12.3. The van der Waals surface area contributed by atoms with Crippen LogP contribution in [0, 0.1) is 0 Å². The van der Waals surface area contributed by atoms with Crippen molar-refractivity contribution in [3.05, 3.63) is 217 Å². The lowest BCUT2D eigenvalue weighted by Crippen LogP contribution is -2.27. The van der Waals surface area contributed by atoms with E-state index in [0.717, 1.165) is 45.1 Å². The van der Waals surface area contributed by atoms with E-state index in [0.29, 0.717) is 6.67 Å². The van der Waals surface area contributed by atoms with Crippen LogP contribution in [0.25, 0.3) is 27.6 Å². The second-order valence-corrected chi connectivity index (χ2v) is 16.6. The van der Waals surface area contributed by atoms with Gasteiger partial charge in [0.1, 0.15) is 23.8 Å². The molecular formula is C54H46N4O. The molecule has 2 aromatic heterocycles. The molecule has 7 aromatic carbocycles. The minimum absolute atomic E-state index is 0.223. The molecule has 0 N–H and O–H groups in total. The number of anilines is 4. The van der Waals surface area contributed by atoms with Crippen molar-refractivity contribution in [2.45, 2.75) is 38.5 Å². The van der Waals surface area contributed by atoms with Gasteiger partial charge in [0.2, 0.25) is 0 Å². The molecule has 1 aliphatic rings. The number of nitrogens with zero attached hydrogens (tertiary/aromatic N) is 4. The van der Waals surface area contributed by atoms with Gasteiger partial charge in [0.25, 0.3) is 0 Å². The highest BCUT2D eigenvalue weighted by molar-refractivity contribution is 6.07. The minimum atomic E-state index is -0.223. The molecule has 5 nitrogen and oxygen atoms in total.